The van der Waals surface area contributed by atoms with Crippen molar-refractivity contribution in [3.05, 3.63) is 102 Å². The van der Waals surface area contributed by atoms with Gasteiger partial charge in [0.15, 0.2) is 23.7 Å². The van der Waals surface area contributed by atoms with Gasteiger partial charge in [0, 0.05) is 17.2 Å². The Balaban J connectivity index is 1.94. The van der Waals surface area contributed by atoms with Crippen molar-refractivity contribution in [2.75, 3.05) is 7.11 Å². The molecule has 0 fully saturated rings. The number of rotatable bonds is 9. The van der Waals surface area contributed by atoms with E-state index in [9.17, 15) is 19.5 Å². The summed E-state index contributed by atoms with van der Waals surface area (Å²) in [6.45, 7) is 0. The summed E-state index contributed by atoms with van der Waals surface area (Å²) in [5.41, 5.74) is 0.507. The number of carbonyl (C=O) groups excluding carboxylic acids is 2. The quantitative estimate of drug-likeness (QED) is 0.393. The Labute approximate surface area is 201 Å². The first-order valence-electron chi connectivity index (χ1n) is 10.4. The molecule has 0 saturated carbocycles. The van der Waals surface area contributed by atoms with E-state index >= 15 is 0 Å². The number of alkyl carbamates (subject to hydrolysis) is 1. The molecule has 0 heterocycles. The van der Waals surface area contributed by atoms with Crippen molar-refractivity contribution in [2.45, 2.75) is 12.2 Å². The van der Waals surface area contributed by atoms with Crippen molar-refractivity contribution in [2.24, 2.45) is 0 Å². The van der Waals surface area contributed by atoms with Crippen molar-refractivity contribution in [3.63, 3.8) is 0 Å². The maximum Gasteiger partial charge on any atom is 0.414 e. The third-order valence-corrected chi connectivity index (χ3v) is 4.76. The molecular formula is C26H23NO8. The van der Waals surface area contributed by atoms with Crippen LogP contribution in [0.1, 0.15) is 22.0 Å². The highest BCUT2D eigenvalue weighted by Crippen LogP contribution is 2.33. The molecular weight excluding hydrogens is 454 g/mol. The molecule has 3 rings (SSSR count). The van der Waals surface area contributed by atoms with Gasteiger partial charge in [-0.25, -0.2) is 9.59 Å². The first-order chi connectivity index (χ1) is 16.9. The average Bonchev–Trinajstić information content (AvgIpc) is 2.86. The van der Waals surface area contributed by atoms with E-state index in [0.717, 1.165) is 6.08 Å². The molecule has 3 aromatic carbocycles. The lowest BCUT2D eigenvalue weighted by atomic mass is 10.0. The van der Waals surface area contributed by atoms with E-state index in [-0.39, 0.29) is 22.6 Å². The van der Waals surface area contributed by atoms with Gasteiger partial charge in [0.2, 0.25) is 0 Å². The van der Waals surface area contributed by atoms with Crippen LogP contribution < -0.4 is 14.8 Å². The number of carbonyl (C=O) groups is 3. The largest absolute Gasteiger partial charge is 0.504 e. The van der Waals surface area contributed by atoms with Crippen LogP contribution in [0.3, 0.4) is 0 Å². The van der Waals surface area contributed by atoms with Gasteiger partial charge >= 0.3 is 12.1 Å². The van der Waals surface area contributed by atoms with Gasteiger partial charge in [-0.1, -0.05) is 42.5 Å². The van der Waals surface area contributed by atoms with Crippen LogP contribution in [0.15, 0.2) is 91.0 Å². The number of phenols is 1. The molecule has 0 aliphatic carbocycles. The Morgan fingerprint density at radius 3 is 2.20 bits per heavy atom. The molecule has 0 unspecified atom stereocenters. The summed E-state index contributed by atoms with van der Waals surface area (Å²) in [4.78, 5) is 36.3. The fourth-order valence-electron chi connectivity index (χ4n) is 3.14. The molecule has 9 nitrogen and oxygen atoms in total. The number of carboxylic acids is 1. The number of imide groups is 1. The van der Waals surface area contributed by atoms with Crippen molar-refractivity contribution >= 4 is 18.0 Å². The van der Waals surface area contributed by atoms with Crippen molar-refractivity contribution < 1.29 is 38.8 Å². The van der Waals surface area contributed by atoms with E-state index in [1.807, 2.05) is 0 Å². The number of hydrogen-bond donors (Lipinski definition) is 3. The van der Waals surface area contributed by atoms with Gasteiger partial charge in [0.05, 0.1) is 7.11 Å². The number of para-hydroxylation sites is 1. The van der Waals surface area contributed by atoms with Gasteiger partial charge < -0.3 is 24.4 Å². The van der Waals surface area contributed by atoms with Crippen molar-refractivity contribution in [1.82, 2.24) is 5.32 Å². The maximum absolute atomic E-state index is 12.7. The average molecular weight is 477 g/mol. The molecule has 0 aromatic heterocycles. The minimum atomic E-state index is -1.26. The van der Waals surface area contributed by atoms with Gasteiger partial charge in [-0.2, -0.15) is 0 Å². The number of methoxy groups -OCH3 is 1. The number of phenolic OH excluding ortho intramolecular Hbond substituents is 1. The summed E-state index contributed by atoms with van der Waals surface area (Å²) in [5, 5.41) is 21.6. The molecule has 35 heavy (non-hydrogen) atoms. The number of nitrogens with one attached hydrogen (secondary N) is 1. The molecule has 0 aliphatic heterocycles. The van der Waals surface area contributed by atoms with Crippen LogP contribution in [0.5, 0.6) is 17.2 Å². The summed E-state index contributed by atoms with van der Waals surface area (Å²) in [6, 6.07) is 20.8. The van der Waals surface area contributed by atoms with Crippen molar-refractivity contribution in [3.8, 4) is 17.2 Å². The van der Waals surface area contributed by atoms with Gasteiger partial charge in [-0.05, 0) is 42.5 Å². The van der Waals surface area contributed by atoms with E-state index in [1.165, 1.54) is 43.5 Å². The highest BCUT2D eigenvalue weighted by atomic mass is 16.6. The van der Waals surface area contributed by atoms with E-state index in [4.69, 9.17) is 19.3 Å². The van der Waals surface area contributed by atoms with Crippen LogP contribution in [0.25, 0.3) is 0 Å². The third kappa shape index (κ3) is 7.10. The van der Waals surface area contributed by atoms with Gasteiger partial charge in [0.25, 0.3) is 5.91 Å². The molecule has 2 amide bonds. The van der Waals surface area contributed by atoms with Gasteiger partial charge in [-0.15, -0.1) is 0 Å². The fourth-order valence-corrected chi connectivity index (χ4v) is 3.14. The first kappa shape index (κ1) is 24.8. The highest BCUT2D eigenvalue weighted by Gasteiger charge is 2.29. The predicted octanol–water partition coefficient (Wildman–Crippen LogP) is 4.10. The van der Waals surface area contributed by atoms with Crippen molar-refractivity contribution in [1.29, 1.82) is 0 Å². The summed E-state index contributed by atoms with van der Waals surface area (Å²) < 4.78 is 16.5. The zero-order valence-electron chi connectivity index (χ0n) is 18.7. The van der Waals surface area contributed by atoms with Crippen LogP contribution in [0.4, 0.5) is 4.79 Å². The first-order valence-corrected chi connectivity index (χ1v) is 10.4. The number of amides is 2. The normalized spacial score (nSPS) is 12.4. The van der Waals surface area contributed by atoms with E-state index in [0.29, 0.717) is 5.75 Å². The fraction of sp³-hybridized carbons (Fsp3) is 0.115. The minimum absolute atomic E-state index is 0.179. The summed E-state index contributed by atoms with van der Waals surface area (Å²) in [7, 11) is 1.38. The molecule has 0 radical (unpaired) electrons. The molecule has 9 heteroatoms. The molecule has 0 aliphatic rings. The van der Waals surface area contributed by atoms with Gasteiger partial charge in [-0.3, -0.25) is 10.1 Å². The Morgan fingerprint density at radius 2 is 1.60 bits per heavy atom. The van der Waals surface area contributed by atoms with Crippen LogP contribution >= 0.6 is 0 Å². The third-order valence-electron chi connectivity index (χ3n) is 4.76. The molecule has 0 bridgehead atoms. The number of aromatic hydroxyl groups is 1. The number of hydrogen-bond acceptors (Lipinski definition) is 7. The number of aliphatic carboxylic acids is 1. The molecule has 3 aromatic rings. The summed E-state index contributed by atoms with van der Waals surface area (Å²) in [5.74, 6) is -1.61. The molecule has 2 atom stereocenters. The SMILES string of the molecule is COc1ccc([C@H](OC(=O)NC(=O)c2ccccc2)[C@H](/C=C/C(=O)O)Oc2ccccc2)cc1O. The standard InChI is InChI=1S/C26H23NO8/c1-33-21-13-12-18(16-20(21)28)24(35-26(32)27-25(31)17-8-4-2-5-9-17)22(14-15-23(29)30)34-19-10-6-3-7-11-19/h2-16,22,24,28H,1H3,(H,29,30)(H,27,31,32)/b15-14+/t22-,24-/m0/s1. The van der Waals surface area contributed by atoms with Crippen LogP contribution in [0, 0.1) is 0 Å². The Hall–Kier alpha value is -4.79. The zero-order chi connectivity index (χ0) is 25.2. The highest BCUT2D eigenvalue weighted by molar-refractivity contribution is 6.02. The zero-order valence-corrected chi connectivity index (χ0v) is 18.7. The Bertz CT molecular complexity index is 1190. The lowest BCUT2D eigenvalue weighted by Gasteiger charge is -2.26. The van der Waals surface area contributed by atoms with Crippen LogP contribution in [-0.2, 0) is 9.53 Å². The van der Waals surface area contributed by atoms with E-state index < -0.39 is 30.2 Å². The molecule has 180 valence electrons. The molecule has 0 saturated heterocycles. The molecule has 3 N–H and O–H groups in total. The minimum Gasteiger partial charge on any atom is -0.504 e. The topological polar surface area (TPSA) is 131 Å². The number of benzene rings is 3. The Morgan fingerprint density at radius 1 is 0.943 bits per heavy atom. The predicted molar refractivity (Wildman–Crippen MR) is 125 cm³/mol. The second-order valence-electron chi connectivity index (χ2n) is 7.17. The van der Waals surface area contributed by atoms with E-state index in [1.54, 1.807) is 48.5 Å². The van der Waals surface area contributed by atoms with Crippen LogP contribution in [-0.4, -0.2) is 41.4 Å². The molecule has 0 spiro atoms. The second kappa shape index (κ2) is 11.9. The summed E-state index contributed by atoms with van der Waals surface area (Å²) in [6.07, 6.45) is -1.44. The summed E-state index contributed by atoms with van der Waals surface area (Å²) >= 11 is 0. The lowest BCUT2D eigenvalue weighted by molar-refractivity contribution is -0.131. The number of ether oxygens (including phenoxy) is 3. The van der Waals surface area contributed by atoms with E-state index in [2.05, 4.69) is 5.32 Å². The van der Waals surface area contributed by atoms with Crippen LogP contribution in [0.2, 0.25) is 0 Å². The Kier molecular flexibility index (Phi) is 8.44. The monoisotopic (exact) mass is 477 g/mol. The number of carboxylic acid groups (broad SMARTS) is 1. The smallest absolute Gasteiger partial charge is 0.414 e. The van der Waals surface area contributed by atoms with Gasteiger partial charge in [0.1, 0.15) is 5.75 Å². The second-order valence-corrected chi connectivity index (χ2v) is 7.17. The maximum atomic E-state index is 12.7. The lowest BCUT2D eigenvalue weighted by Crippen LogP contribution is -2.35.